The lowest BCUT2D eigenvalue weighted by Gasteiger charge is -2.07. The van der Waals surface area contributed by atoms with Crippen LogP contribution < -0.4 is 5.73 Å². The number of aromatic nitrogens is 2. The van der Waals surface area contributed by atoms with E-state index in [2.05, 4.69) is 4.98 Å². The number of nitrogens with two attached hydrogens (primary N) is 1. The van der Waals surface area contributed by atoms with Crippen molar-refractivity contribution in [2.24, 2.45) is 0 Å². The van der Waals surface area contributed by atoms with Gasteiger partial charge in [-0.15, -0.1) is 0 Å². The van der Waals surface area contributed by atoms with E-state index in [4.69, 9.17) is 5.73 Å². The van der Waals surface area contributed by atoms with Crippen LogP contribution >= 0.6 is 0 Å². The van der Waals surface area contributed by atoms with Gasteiger partial charge in [0.1, 0.15) is 11.6 Å². The Hall–Kier alpha value is -2.40. The van der Waals surface area contributed by atoms with E-state index in [1.807, 2.05) is 28.8 Å². The summed E-state index contributed by atoms with van der Waals surface area (Å²) in [6.07, 6.45) is 0.608. The van der Waals surface area contributed by atoms with Crippen molar-refractivity contribution in [2.75, 3.05) is 12.3 Å². The van der Waals surface area contributed by atoms with Gasteiger partial charge in [0.25, 0.3) is 0 Å². The van der Waals surface area contributed by atoms with Crippen molar-refractivity contribution >= 4 is 16.7 Å². The fourth-order valence-corrected chi connectivity index (χ4v) is 2.46. The van der Waals surface area contributed by atoms with Crippen LogP contribution in [0.5, 0.6) is 0 Å². The molecule has 5 heteroatoms. The number of hydrogen-bond donors (Lipinski definition) is 2. The number of hydrogen-bond acceptors (Lipinski definition) is 3. The lowest BCUT2D eigenvalue weighted by Crippen LogP contribution is -2.07. The first-order chi connectivity index (χ1) is 10.2. The summed E-state index contributed by atoms with van der Waals surface area (Å²) in [7, 11) is 0. The Morgan fingerprint density at radius 2 is 1.90 bits per heavy atom. The van der Waals surface area contributed by atoms with Crippen LogP contribution in [0.25, 0.3) is 11.0 Å². The highest BCUT2D eigenvalue weighted by molar-refractivity contribution is 5.76. The van der Waals surface area contributed by atoms with Crippen LogP contribution in [0.1, 0.15) is 11.4 Å². The molecule has 0 unspecified atom stereocenters. The van der Waals surface area contributed by atoms with Crippen LogP contribution in [0, 0.1) is 5.82 Å². The molecule has 0 atom stereocenters. The van der Waals surface area contributed by atoms with Gasteiger partial charge >= 0.3 is 0 Å². The van der Waals surface area contributed by atoms with Gasteiger partial charge < -0.3 is 15.4 Å². The third-order valence-corrected chi connectivity index (χ3v) is 3.45. The SMILES string of the molecule is Nc1ccc(Cc2nc3cc(F)ccc3n2CCO)cc1. The van der Waals surface area contributed by atoms with Crippen LogP contribution in [0.4, 0.5) is 10.1 Å². The summed E-state index contributed by atoms with van der Waals surface area (Å²) in [5.74, 6) is 0.490. The number of halogens is 1. The molecular weight excluding hydrogens is 269 g/mol. The van der Waals surface area contributed by atoms with Crippen molar-refractivity contribution in [1.82, 2.24) is 9.55 Å². The normalized spacial score (nSPS) is 11.1. The minimum absolute atomic E-state index is 0.0115. The highest BCUT2D eigenvalue weighted by Crippen LogP contribution is 2.20. The molecule has 0 spiro atoms. The zero-order chi connectivity index (χ0) is 14.8. The first-order valence-electron chi connectivity index (χ1n) is 6.77. The summed E-state index contributed by atoms with van der Waals surface area (Å²) in [6, 6.07) is 12.1. The number of aliphatic hydroxyl groups is 1. The van der Waals surface area contributed by atoms with Gasteiger partial charge in [0, 0.05) is 24.7 Å². The molecule has 0 aliphatic heterocycles. The predicted molar refractivity (Wildman–Crippen MR) is 80.4 cm³/mol. The van der Waals surface area contributed by atoms with E-state index in [0.717, 1.165) is 16.9 Å². The first-order valence-corrected chi connectivity index (χ1v) is 6.77. The zero-order valence-corrected chi connectivity index (χ0v) is 11.5. The first kappa shape index (κ1) is 13.6. The Bertz CT molecular complexity index is 765. The summed E-state index contributed by atoms with van der Waals surface area (Å²) < 4.78 is 15.2. The molecule has 1 aromatic heterocycles. The quantitative estimate of drug-likeness (QED) is 0.723. The van der Waals surface area contributed by atoms with E-state index in [9.17, 15) is 9.50 Å². The van der Waals surface area contributed by atoms with Crippen molar-refractivity contribution in [2.45, 2.75) is 13.0 Å². The van der Waals surface area contributed by atoms with E-state index < -0.39 is 0 Å². The largest absolute Gasteiger partial charge is 0.399 e. The molecule has 3 N–H and O–H groups in total. The van der Waals surface area contributed by atoms with Crippen LogP contribution in [0.3, 0.4) is 0 Å². The molecular formula is C16H16FN3O. The molecule has 0 amide bonds. The molecule has 0 aliphatic carbocycles. The van der Waals surface area contributed by atoms with Crippen molar-refractivity contribution in [3.63, 3.8) is 0 Å². The number of imidazole rings is 1. The van der Waals surface area contributed by atoms with E-state index in [1.54, 1.807) is 6.07 Å². The van der Waals surface area contributed by atoms with E-state index in [-0.39, 0.29) is 12.4 Å². The molecule has 0 saturated heterocycles. The highest BCUT2D eigenvalue weighted by atomic mass is 19.1. The van der Waals surface area contributed by atoms with Crippen molar-refractivity contribution in [3.05, 3.63) is 59.7 Å². The van der Waals surface area contributed by atoms with Crippen LogP contribution in [0.15, 0.2) is 42.5 Å². The number of nitrogens with zero attached hydrogens (tertiary/aromatic N) is 2. The maximum atomic E-state index is 13.3. The standard InChI is InChI=1S/C16H16FN3O/c17-12-3-6-15-14(10-12)19-16(20(15)7-8-21)9-11-1-4-13(18)5-2-11/h1-6,10,21H,7-9,18H2. The lowest BCUT2D eigenvalue weighted by molar-refractivity contribution is 0.276. The molecule has 108 valence electrons. The minimum Gasteiger partial charge on any atom is -0.399 e. The third-order valence-electron chi connectivity index (χ3n) is 3.45. The van der Waals surface area contributed by atoms with Gasteiger partial charge in [-0.2, -0.15) is 0 Å². The maximum absolute atomic E-state index is 13.3. The molecule has 1 heterocycles. The lowest BCUT2D eigenvalue weighted by atomic mass is 10.1. The minimum atomic E-state index is -0.310. The number of anilines is 1. The number of nitrogen functional groups attached to an aromatic ring is 1. The van der Waals surface area contributed by atoms with Crippen molar-refractivity contribution in [3.8, 4) is 0 Å². The van der Waals surface area contributed by atoms with Crippen LogP contribution in [-0.2, 0) is 13.0 Å². The second kappa shape index (κ2) is 5.54. The average Bonchev–Trinajstić information content (AvgIpc) is 2.79. The van der Waals surface area contributed by atoms with E-state index in [1.165, 1.54) is 12.1 Å². The van der Waals surface area contributed by atoms with E-state index in [0.29, 0.717) is 24.2 Å². The smallest absolute Gasteiger partial charge is 0.125 e. The Kier molecular flexibility index (Phi) is 3.58. The Balaban J connectivity index is 2.03. The molecule has 2 aromatic carbocycles. The average molecular weight is 285 g/mol. The summed E-state index contributed by atoms with van der Waals surface area (Å²) in [6.45, 7) is 0.448. The summed E-state index contributed by atoms with van der Waals surface area (Å²) >= 11 is 0. The van der Waals surface area contributed by atoms with Gasteiger partial charge in [0.2, 0.25) is 0 Å². The van der Waals surface area contributed by atoms with Crippen LogP contribution in [0.2, 0.25) is 0 Å². The molecule has 3 aromatic rings. The number of aliphatic hydroxyl groups excluding tert-OH is 1. The number of benzene rings is 2. The van der Waals surface area contributed by atoms with Crippen molar-refractivity contribution in [1.29, 1.82) is 0 Å². The molecule has 21 heavy (non-hydrogen) atoms. The van der Waals surface area contributed by atoms with Gasteiger partial charge in [0.15, 0.2) is 0 Å². The molecule has 0 radical (unpaired) electrons. The predicted octanol–water partition coefficient (Wildman–Crippen LogP) is 2.34. The Morgan fingerprint density at radius 1 is 1.14 bits per heavy atom. The van der Waals surface area contributed by atoms with Crippen LogP contribution in [-0.4, -0.2) is 21.3 Å². The summed E-state index contributed by atoms with van der Waals surface area (Å²) in [4.78, 5) is 4.49. The van der Waals surface area contributed by atoms with Gasteiger partial charge in [-0.1, -0.05) is 12.1 Å². The topological polar surface area (TPSA) is 64.1 Å². The van der Waals surface area contributed by atoms with Gasteiger partial charge in [-0.05, 0) is 29.8 Å². The number of fused-ring (bicyclic) bond motifs is 1. The fourth-order valence-electron chi connectivity index (χ4n) is 2.46. The van der Waals surface area contributed by atoms with Gasteiger partial charge in [-0.25, -0.2) is 9.37 Å². The monoisotopic (exact) mass is 285 g/mol. The van der Waals surface area contributed by atoms with Gasteiger partial charge in [-0.3, -0.25) is 0 Å². The van der Waals surface area contributed by atoms with Gasteiger partial charge in [0.05, 0.1) is 17.6 Å². The Labute approximate surface area is 121 Å². The third kappa shape index (κ3) is 2.73. The maximum Gasteiger partial charge on any atom is 0.125 e. The second-order valence-electron chi connectivity index (χ2n) is 4.95. The van der Waals surface area contributed by atoms with Crippen molar-refractivity contribution < 1.29 is 9.50 Å². The number of rotatable bonds is 4. The molecule has 0 aliphatic rings. The molecule has 3 rings (SSSR count). The van der Waals surface area contributed by atoms with E-state index >= 15 is 0 Å². The highest BCUT2D eigenvalue weighted by Gasteiger charge is 2.11. The second-order valence-corrected chi connectivity index (χ2v) is 4.95. The molecule has 0 saturated carbocycles. The fraction of sp³-hybridized carbons (Fsp3) is 0.188. The molecule has 0 bridgehead atoms. The summed E-state index contributed by atoms with van der Waals surface area (Å²) in [5.41, 5.74) is 8.90. The Morgan fingerprint density at radius 3 is 2.62 bits per heavy atom. The molecule has 0 fully saturated rings. The zero-order valence-electron chi connectivity index (χ0n) is 11.5. The molecule has 4 nitrogen and oxygen atoms in total. The summed E-state index contributed by atoms with van der Waals surface area (Å²) in [5, 5.41) is 9.24.